The van der Waals surface area contributed by atoms with Gasteiger partial charge in [-0.3, -0.25) is 19.1 Å². The Kier molecular flexibility index (Phi) is 7.02. The number of nitrogens with zero attached hydrogens (tertiary/aromatic N) is 2. The summed E-state index contributed by atoms with van der Waals surface area (Å²) in [6, 6.07) is 15.1. The Morgan fingerprint density at radius 1 is 1.10 bits per heavy atom. The minimum absolute atomic E-state index is 0.0923. The summed E-state index contributed by atoms with van der Waals surface area (Å²) in [5, 5.41) is 0. The van der Waals surface area contributed by atoms with Crippen molar-refractivity contribution in [3.63, 3.8) is 0 Å². The van der Waals surface area contributed by atoms with E-state index < -0.39 is 23.0 Å². The number of H-pyrrole nitrogens is 1. The molecule has 0 bridgehead atoms. The molecule has 3 aromatic rings. The summed E-state index contributed by atoms with van der Waals surface area (Å²) in [7, 11) is 0. The van der Waals surface area contributed by atoms with Gasteiger partial charge in [-0.1, -0.05) is 61.9 Å². The minimum Gasteiger partial charge on any atom is -0.383 e. The molecule has 1 amide bonds. The van der Waals surface area contributed by atoms with E-state index in [2.05, 4.69) is 4.98 Å². The van der Waals surface area contributed by atoms with Crippen LogP contribution in [0.2, 0.25) is 0 Å². The Morgan fingerprint density at radius 3 is 2.45 bits per heavy atom. The molecule has 3 rings (SSSR count). The van der Waals surface area contributed by atoms with Crippen LogP contribution in [0, 0.1) is 5.82 Å². The Balaban J connectivity index is 2.03. The Morgan fingerprint density at radius 2 is 1.77 bits per heavy atom. The van der Waals surface area contributed by atoms with Gasteiger partial charge in [0, 0.05) is 6.54 Å². The molecule has 1 heterocycles. The quantitative estimate of drug-likeness (QED) is 0.580. The van der Waals surface area contributed by atoms with E-state index in [0.717, 1.165) is 12.0 Å². The van der Waals surface area contributed by atoms with Crippen LogP contribution in [0.5, 0.6) is 0 Å². The third-order valence-electron chi connectivity index (χ3n) is 5.00. The van der Waals surface area contributed by atoms with Gasteiger partial charge in [-0.25, -0.2) is 9.18 Å². The molecule has 0 atom stereocenters. The first-order valence-corrected chi connectivity index (χ1v) is 10.1. The lowest BCUT2D eigenvalue weighted by molar-refractivity contribution is -0.118. The van der Waals surface area contributed by atoms with Crippen LogP contribution in [-0.4, -0.2) is 22.0 Å². The number of nitrogens with one attached hydrogen (secondary N) is 1. The van der Waals surface area contributed by atoms with Crippen molar-refractivity contribution in [2.24, 2.45) is 0 Å². The third-order valence-corrected chi connectivity index (χ3v) is 5.00. The molecular weight excluding hydrogens is 399 g/mol. The maximum Gasteiger partial charge on any atom is 0.330 e. The molecule has 0 unspecified atom stereocenters. The van der Waals surface area contributed by atoms with Gasteiger partial charge in [-0.2, -0.15) is 0 Å². The van der Waals surface area contributed by atoms with E-state index in [1.54, 1.807) is 12.1 Å². The standard InChI is InChI=1S/C23H25FN4O3/c1-2-3-13-27(19(29)14-17-11-7-8-12-18(17)24)20-21(25)28(23(31)26-22(20)30)15-16-9-5-4-6-10-16/h4-12H,2-3,13-15,25H2,1H3,(H,26,30,31). The second-order valence-electron chi connectivity index (χ2n) is 7.23. The van der Waals surface area contributed by atoms with Crippen LogP contribution in [0.1, 0.15) is 30.9 Å². The number of aromatic nitrogens is 2. The molecular formula is C23H25FN4O3. The molecule has 0 fully saturated rings. The van der Waals surface area contributed by atoms with E-state index in [-0.39, 0.29) is 36.6 Å². The number of aromatic amines is 1. The average Bonchev–Trinajstić information content (AvgIpc) is 2.75. The molecule has 0 saturated heterocycles. The first-order valence-electron chi connectivity index (χ1n) is 10.1. The predicted octanol–water partition coefficient (Wildman–Crippen LogP) is 2.68. The first-order chi connectivity index (χ1) is 14.9. The van der Waals surface area contributed by atoms with Crippen molar-refractivity contribution in [1.82, 2.24) is 9.55 Å². The van der Waals surface area contributed by atoms with E-state index in [9.17, 15) is 18.8 Å². The van der Waals surface area contributed by atoms with Gasteiger partial charge in [-0.15, -0.1) is 0 Å². The number of nitrogens with two attached hydrogens (primary N) is 1. The van der Waals surface area contributed by atoms with Crippen LogP contribution < -0.4 is 21.9 Å². The zero-order valence-corrected chi connectivity index (χ0v) is 17.3. The highest BCUT2D eigenvalue weighted by atomic mass is 19.1. The predicted molar refractivity (Wildman–Crippen MR) is 119 cm³/mol. The maximum atomic E-state index is 14.1. The van der Waals surface area contributed by atoms with Crippen LogP contribution in [0.25, 0.3) is 0 Å². The molecule has 2 aromatic carbocycles. The van der Waals surface area contributed by atoms with E-state index in [4.69, 9.17) is 5.73 Å². The van der Waals surface area contributed by atoms with Crippen molar-refractivity contribution in [3.8, 4) is 0 Å². The second kappa shape index (κ2) is 9.88. The molecule has 3 N–H and O–H groups in total. The largest absolute Gasteiger partial charge is 0.383 e. The molecule has 0 radical (unpaired) electrons. The van der Waals surface area contributed by atoms with Gasteiger partial charge in [0.05, 0.1) is 13.0 Å². The van der Waals surface area contributed by atoms with Crippen LogP contribution in [0.15, 0.2) is 64.2 Å². The molecule has 0 aliphatic heterocycles. The number of halogens is 1. The van der Waals surface area contributed by atoms with Gasteiger partial charge in [0.1, 0.15) is 11.6 Å². The lowest BCUT2D eigenvalue weighted by Crippen LogP contribution is -2.42. The van der Waals surface area contributed by atoms with Crippen molar-refractivity contribution in [2.75, 3.05) is 17.2 Å². The fraction of sp³-hybridized carbons (Fsp3) is 0.261. The third kappa shape index (κ3) is 5.09. The molecule has 8 heteroatoms. The molecule has 1 aromatic heterocycles. The summed E-state index contributed by atoms with van der Waals surface area (Å²) in [5.41, 5.74) is 5.78. The number of anilines is 2. The monoisotopic (exact) mass is 424 g/mol. The van der Waals surface area contributed by atoms with Crippen LogP contribution in [0.3, 0.4) is 0 Å². The fourth-order valence-corrected chi connectivity index (χ4v) is 3.34. The highest BCUT2D eigenvalue weighted by Gasteiger charge is 2.24. The van der Waals surface area contributed by atoms with Gasteiger partial charge in [0.25, 0.3) is 5.56 Å². The topological polar surface area (TPSA) is 101 Å². The van der Waals surface area contributed by atoms with Crippen LogP contribution >= 0.6 is 0 Å². The zero-order valence-electron chi connectivity index (χ0n) is 17.3. The van der Waals surface area contributed by atoms with Crippen molar-refractivity contribution < 1.29 is 9.18 Å². The SMILES string of the molecule is CCCCN(C(=O)Cc1ccccc1F)c1c(N)n(Cc2ccccc2)c(=O)[nH]c1=O. The van der Waals surface area contributed by atoms with Crippen molar-refractivity contribution in [3.05, 3.63) is 92.4 Å². The Hall–Kier alpha value is -3.68. The number of carbonyl (C=O) groups is 1. The van der Waals surface area contributed by atoms with E-state index in [0.29, 0.717) is 6.42 Å². The van der Waals surface area contributed by atoms with Crippen molar-refractivity contribution in [2.45, 2.75) is 32.7 Å². The van der Waals surface area contributed by atoms with Crippen LogP contribution in [-0.2, 0) is 17.8 Å². The summed E-state index contributed by atoms with van der Waals surface area (Å²) < 4.78 is 15.3. The van der Waals surface area contributed by atoms with Gasteiger partial charge in [-0.05, 0) is 23.6 Å². The number of carbonyl (C=O) groups excluding carboxylic acids is 1. The Bertz CT molecular complexity index is 1170. The number of nitrogen functional groups attached to an aromatic ring is 1. The van der Waals surface area contributed by atoms with E-state index in [1.165, 1.54) is 21.6 Å². The normalized spacial score (nSPS) is 10.8. The second-order valence-corrected chi connectivity index (χ2v) is 7.23. The van der Waals surface area contributed by atoms with E-state index in [1.807, 2.05) is 37.3 Å². The Labute approximate surface area is 178 Å². The van der Waals surface area contributed by atoms with Gasteiger partial charge in [0.2, 0.25) is 5.91 Å². The first kappa shape index (κ1) is 22.0. The lowest BCUT2D eigenvalue weighted by Gasteiger charge is -2.24. The maximum absolute atomic E-state index is 14.1. The van der Waals surface area contributed by atoms with Gasteiger partial charge < -0.3 is 10.6 Å². The molecule has 0 spiro atoms. The summed E-state index contributed by atoms with van der Waals surface area (Å²) >= 11 is 0. The number of benzene rings is 2. The fourth-order valence-electron chi connectivity index (χ4n) is 3.34. The number of amides is 1. The molecule has 31 heavy (non-hydrogen) atoms. The van der Waals surface area contributed by atoms with Gasteiger partial charge >= 0.3 is 5.69 Å². The number of hydrogen-bond donors (Lipinski definition) is 2. The van der Waals surface area contributed by atoms with Crippen LogP contribution in [0.4, 0.5) is 15.9 Å². The summed E-state index contributed by atoms with van der Waals surface area (Å²) in [6.07, 6.45) is 1.15. The molecule has 0 saturated carbocycles. The molecule has 7 nitrogen and oxygen atoms in total. The highest BCUT2D eigenvalue weighted by molar-refractivity contribution is 5.96. The number of hydrogen-bond acceptors (Lipinski definition) is 4. The number of rotatable bonds is 8. The smallest absolute Gasteiger partial charge is 0.330 e. The van der Waals surface area contributed by atoms with Crippen molar-refractivity contribution in [1.29, 1.82) is 0 Å². The average molecular weight is 424 g/mol. The number of unbranched alkanes of at least 4 members (excludes halogenated alkanes) is 1. The molecule has 0 aliphatic carbocycles. The van der Waals surface area contributed by atoms with E-state index >= 15 is 0 Å². The summed E-state index contributed by atoms with van der Waals surface area (Å²) in [4.78, 5) is 41.7. The molecule has 0 aliphatic rings. The van der Waals surface area contributed by atoms with Gasteiger partial charge in [0.15, 0.2) is 5.69 Å². The summed E-state index contributed by atoms with van der Waals surface area (Å²) in [5.74, 6) is -1.07. The zero-order chi connectivity index (χ0) is 22.4. The summed E-state index contributed by atoms with van der Waals surface area (Å²) in [6.45, 7) is 2.31. The lowest BCUT2D eigenvalue weighted by atomic mass is 10.1. The minimum atomic E-state index is -0.746. The molecule has 162 valence electrons. The van der Waals surface area contributed by atoms with Crippen molar-refractivity contribution >= 4 is 17.4 Å². The highest BCUT2D eigenvalue weighted by Crippen LogP contribution is 2.20.